The number of carbonyl (C=O) groups is 1. The summed E-state index contributed by atoms with van der Waals surface area (Å²) in [5, 5.41) is 9.68. The number of aromatic nitrogens is 1. The van der Waals surface area contributed by atoms with E-state index in [-0.39, 0.29) is 5.56 Å². The summed E-state index contributed by atoms with van der Waals surface area (Å²) < 4.78 is 0. The summed E-state index contributed by atoms with van der Waals surface area (Å²) in [5.74, 6) is -0.963. The molecule has 0 bridgehead atoms. The number of aromatic carboxylic acids is 1. The molecule has 1 N–H and O–H groups in total. The standard InChI is InChI=1S/C13H10ClNO2S/c1-18-12-6-11(15-7-10(12)13(16)17)8-2-4-9(14)5-3-8/h2-7H,1H3,(H,16,17). The highest BCUT2D eigenvalue weighted by molar-refractivity contribution is 7.98. The van der Waals surface area contributed by atoms with Gasteiger partial charge in [0.25, 0.3) is 0 Å². The predicted octanol–water partition coefficient (Wildman–Crippen LogP) is 3.82. The monoisotopic (exact) mass is 279 g/mol. The molecule has 2 rings (SSSR count). The molecule has 1 heterocycles. The summed E-state index contributed by atoms with van der Waals surface area (Å²) in [5.41, 5.74) is 1.87. The van der Waals surface area contributed by atoms with Crippen molar-refractivity contribution in [2.45, 2.75) is 4.90 Å². The molecule has 1 aromatic carbocycles. The summed E-state index contributed by atoms with van der Waals surface area (Å²) in [7, 11) is 0. The van der Waals surface area contributed by atoms with Gasteiger partial charge in [0.15, 0.2) is 0 Å². The number of carboxylic acid groups (broad SMARTS) is 1. The van der Waals surface area contributed by atoms with Crippen LogP contribution in [0.5, 0.6) is 0 Å². The molecule has 0 aliphatic carbocycles. The number of hydrogen-bond donors (Lipinski definition) is 1. The first kappa shape index (κ1) is 12.9. The molecule has 92 valence electrons. The first-order valence-corrected chi connectivity index (χ1v) is 6.75. The lowest BCUT2D eigenvalue weighted by Gasteiger charge is -2.06. The molecule has 0 saturated heterocycles. The van der Waals surface area contributed by atoms with Gasteiger partial charge in [0, 0.05) is 21.7 Å². The van der Waals surface area contributed by atoms with Gasteiger partial charge in [-0.3, -0.25) is 4.98 Å². The number of pyridine rings is 1. The molecule has 0 amide bonds. The maximum absolute atomic E-state index is 11.0. The van der Waals surface area contributed by atoms with Gasteiger partial charge in [-0.05, 0) is 24.5 Å². The van der Waals surface area contributed by atoms with E-state index in [1.165, 1.54) is 18.0 Å². The third-order valence-corrected chi connectivity index (χ3v) is 3.49. The quantitative estimate of drug-likeness (QED) is 0.868. The van der Waals surface area contributed by atoms with E-state index in [4.69, 9.17) is 16.7 Å². The van der Waals surface area contributed by atoms with E-state index < -0.39 is 5.97 Å². The fourth-order valence-electron chi connectivity index (χ4n) is 1.54. The molecule has 0 saturated carbocycles. The zero-order valence-corrected chi connectivity index (χ0v) is 11.1. The highest BCUT2D eigenvalue weighted by Gasteiger charge is 2.11. The summed E-state index contributed by atoms with van der Waals surface area (Å²) in [6.45, 7) is 0. The van der Waals surface area contributed by atoms with Crippen molar-refractivity contribution in [2.75, 3.05) is 6.26 Å². The van der Waals surface area contributed by atoms with Crippen LogP contribution in [0.15, 0.2) is 41.4 Å². The number of benzene rings is 1. The van der Waals surface area contributed by atoms with Crippen molar-refractivity contribution in [3.63, 3.8) is 0 Å². The van der Waals surface area contributed by atoms with Gasteiger partial charge in [0.05, 0.1) is 11.3 Å². The van der Waals surface area contributed by atoms with E-state index in [1.807, 2.05) is 18.4 Å². The average molecular weight is 280 g/mol. The SMILES string of the molecule is CSc1cc(-c2ccc(Cl)cc2)ncc1C(=O)O. The smallest absolute Gasteiger partial charge is 0.338 e. The molecule has 0 atom stereocenters. The topological polar surface area (TPSA) is 50.2 Å². The second-order valence-electron chi connectivity index (χ2n) is 3.58. The second-order valence-corrected chi connectivity index (χ2v) is 4.87. The summed E-state index contributed by atoms with van der Waals surface area (Å²) >= 11 is 7.21. The van der Waals surface area contributed by atoms with Crippen LogP contribution in [-0.4, -0.2) is 22.3 Å². The molecule has 5 heteroatoms. The Kier molecular flexibility index (Phi) is 3.89. The van der Waals surface area contributed by atoms with Crippen LogP contribution >= 0.6 is 23.4 Å². The minimum absolute atomic E-state index is 0.222. The molecule has 0 fully saturated rings. The van der Waals surface area contributed by atoms with E-state index in [0.29, 0.717) is 9.92 Å². The Balaban J connectivity index is 2.47. The minimum atomic E-state index is -0.963. The Bertz CT molecular complexity index is 584. The van der Waals surface area contributed by atoms with E-state index in [9.17, 15) is 4.79 Å². The number of rotatable bonds is 3. The van der Waals surface area contributed by atoms with Crippen LogP contribution in [0.1, 0.15) is 10.4 Å². The largest absolute Gasteiger partial charge is 0.478 e. The van der Waals surface area contributed by atoms with Crippen molar-refractivity contribution in [1.29, 1.82) is 0 Å². The number of halogens is 1. The van der Waals surface area contributed by atoms with Crippen LogP contribution in [0.4, 0.5) is 0 Å². The Morgan fingerprint density at radius 3 is 2.56 bits per heavy atom. The fraction of sp³-hybridized carbons (Fsp3) is 0.0769. The van der Waals surface area contributed by atoms with Crippen LogP contribution in [-0.2, 0) is 0 Å². The van der Waals surface area contributed by atoms with Crippen molar-refractivity contribution in [1.82, 2.24) is 4.98 Å². The van der Waals surface area contributed by atoms with Gasteiger partial charge in [0.2, 0.25) is 0 Å². The zero-order chi connectivity index (χ0) is 13.1. The molecule has 18 heavy (non-hydrogen) atoms. The van der Waals surface area contributed by atoms with Gasteiger partial charge in [-0.25, -0.2) is 4.79 Å². The number of thioether (sulfide) groups is 1. The highest BCUT2D eigenvalue weighted by Crippen LogP contribution is 2.26. The molecular formula is C13H10ClNO2S. The molecule has 0 aliphatic rings. The maximum Gasteiger partial charge on any atom is 0.338 e. The molecule has 1 aromatic heterocycles. The van der Waals surface area contributed by atoms with Gasteiger partial charge in [-0.2, -0.15) is 0 Å². The lowest BCUT2D eigenvalue weighted by Crippen LogP contribution is -2.00. The van der Waals surface area contributed by atoms with E-state index >= 15 is 0 Å². The van der Waals surface area contributed by atoms with Gasteiger partial charge >= 0.3 is 5.97 Å². The van der Waals surface area contributed by atoms with Crippen LogP contribution in [0.3, 0.4) is 0 Å². The summed E-state index contributed by atoms with van der Waals surface area (Å²) in [6, 6.07) is 9.05. The van der Waals surface area contributed by atoms with Crippen molar-refractivity contribution >= 4 is 29.3 Å². The lowest BCUT2D eigenvalue weighted by molar-refractivity contribution is 0.0692. The van der Waals surface area contributed by atoms with Crippen LogP contribution in [0, 0.1) is 0 Å². The van der Waals surface area contributed by atoms with Crippen molar-refractivity contribution in [3.05, 3.63) is 47.1 Å². The van der Waals surface area contributed by atoms with Crippen LogP contribution < -0.4 is 0 Å². The number of hydrogen-bond acceptors (Lipinski definition) is 3. The third kappa shape index (κ3) is 2.66. The van der Waals surface area contributed by atoms with Gasteiger partial charge < -0.3 is 5.11 Å². The van der Waals surface area contributed by atoms with Crippen molar-refractivity contribution in [2.24, 2.45) is 0 Å². The van der Waals surface area contributed by atoms with Gasteiger partial charge in [-0.15, -0.1) is 11.8 Å². The molecular weight excluding hydrogens is 270 g/mol. The molecule has 0 radical (unpaired) electrons. The number of nitrogens with zero attached hydrogens (tertiary/aromatic N) is 1. The Hall–Kier alpha value is -1.52. The van der Waals surface area contributed by atoms with Crippen LogP contribution in [0.2, 0.25) is 5.02 Å². The molecule has 0 spiro atoms. The fourth-order valence-corrected chi connectivity index (χ4v) is 2.26. The maximum atomic E-state index is 11.0. The van der Waals surface area contributed by atoms with Gasteiger partial charge in [0.1, 0.15) is 0 Å². The molecule has 2 aromatic rings. The van der Waals surface area contributed by atoms with Crippen LogP contribution in [0.25, 0.3) is 11.3 Å². The first-order chi connectivity index (χ1) is 8.61. The average Bonchev–Trinajstić information content (AvgIpc) is 2.38. The van der Waals surface area contributed by atoms with E-state index in [2.05, 4.69) is 4.98 Å². The Morgan fingerprint density at radius 1 is 1.33 bits per heavy atom. The second kappa shape index (κ2) is 5.42. The zero-order valence-electron chi connectivity index (χ0n) is 9.55. The van der Waals surface area contributed by atoms with Crippen molar-refractivity contribution in [3.8, 4) is 11.3 Å². The van der Waals surface area contributed by atoms with Gasteiger partial charge in [-0.1, -0.05) is 23.7 Å². The highest BCUT2D eigenvalue weighted by atomic mass is 35.5. The number of carboxylic acids is 1. The normalized spacial score (nSPS) is 10.3. The predicted molar refractivity (Wildman–Crippen MR) is 73.4 cm³/mol. The van der Waals surface area contributed by atoms with E-state index in [0.717, 1.165) is 11.3 Å². The van der Waals surface area contributed by atoms with E-state index in [1.54, 1.807) is 18.2 Å². The molecule has 3 nitrogen and oxygen atoms in total. The minimum Gasteiger partial charge on any atom is -0.478 e. The summed E-state index contributed by atoms with van der Waals surface area (Å²) in [6.07, 6.45) is 3.23. The van der Waals surface area contributed by atoms with Crippen molar-refractivity contribution < 1.29 is 9.90 Å². The molecule has 0 aliphatic heterocycles. The first-order valence-electron chi connectivity index (χ1n) is 5.15. The third-order valence-electron chi connectivity index (χ3n) is 2.46. The molecule has 0 unspecified atom stereocenters. The Morgan fingerprint density at radius 2 is 2.00 bits per heavy atom. The Labute approximate surface area is 114 Å². The summed E-state index contributed by atoms with van der Waals surface area (Å²) in [4.78, 5) is 15.9. The lowest BCUT2D eigenvalue weighted by atomic mass is 10.1.